The Labute approximate surface area is 105 Å². The molecule has 6 nitrogen and oxygen atoms in total. The van der Waals surface area contributed by atoms with Crippen LogP contribution in [0.2, 0.25) is 0 Å². The Hall–Kier alpha value is -1.69. The summed E-state index contributed by atoms with van der Waals surface area (Å²) in [5, 5.41) is 8.34. The molecule has 0 amide bonds. The van der Waals surface area contributed by atoms with E-state index in [1.54, 1.807) is 0 Å². The van der Waals surface area contributed by atoms with Crippen LogP contribution >= 0.6 is 0 Å². The van der Waals surface area contributed by atoms with Crippen LogP contribution in [-0.4, -0.2) is 33.1 Å². The summed E-state index contributed by atoms with van der Waals surface area (Å²) in [5.41, 5.74) is 1.02. The zero-order chi connectivity index (χ0) is 12.4. The van der Waals surface area contributed by atoms with E-state index in [0.29, 0.717) is 24.8 Å². The second-order valence-electron chi connectivity index (χ2n) is 4.58. The Morgan fingerprint density at radius 2 is 2.44 bits per heavy atom. The van der Waals surface area contributed by atoms with Crippen LogP contribution < -0.4 is 0 Å². The highest BCUT2D eigenvalue weighted by atomic mass is 16.5. The van der Waals surface area contributed by atoms with Crippen molar-refractivity contribution >= 4 is 0 Å². The largest absolute Gasteiger partial charge is 0.381 e. The molecule has 6 heteroatoms. The summed E-state index contributed by atoms with van der Waals surface area (Å²) in [6, 6.07) is 1.98. The monoisotopic (exact) mass is 248 g/mol. The maximum absolute atomic E-state index is 5.32. The Morgan fingerprint density at radius 3 is 3.17 bits per heavy atom. The van der Waals surface area contributed by atoms with Crippen LogP contribution in [0.15, 0.2) is 16.8 Å². The molecule has 1 atom stereocenters. The lowest BCUT2D eigenvalue weighted by molar-refractivity contribution is 0.192. The molecule has 1 fully saturated rings. The lowest BCUT2D eigenvalue weighted by Crippen LogP contribution is -2.03. The van der Waals surface area contributed by atoms with Crippen LogP contribution in [-0.2, 0) is 17.7 Å². The minimum Gasteiger partial charge on any atom is -0.381 e. The second-order valence-corrected chi connectivity index (χ2v) is 4.58. The fourth-order valence-electron chi connectivity index (χ4n) is 2.07. The summed E-state index contributed by atoms with van der Waals surface area (Å²) in [6.07, 6.45) is 3.65. The maximum atomic E-state index is 5.32. The lowest BCUT2D eigenvalue weighted by atomic mass is 10.1. The van der Waals surface area contributed by atoms with Gasteiger partial charge in [-0.3, -0.25) is 4.68 Å². The minimum atomic E-state index is 0.300. The molecule has 3 rings (SSSR count). The van der Waals surface area contributed by atoms with Crippen molar-refractivity contribution in [3.05, 3.63) is 29.7 Å². The topological polar surface area (TPSA) is 66.0 Å². The van der Waals surface area contributed by atoms with Gasteiger partial charge in [-0.15, -0.1) is 0 Å². The van der Waals surface area contributed by atoms with E-state index in [4.69, 9.17) is 9.26 Å². The molecule has 0 spiro atoms. The SMILES string of the molecule is Cc1ccn(CCc2nc(C3CCOC3)no2)n1. The van der Waals surface area contributed by atoms with Gasteiger partial charge in [0.05, 0.1) is 12.3 Å². The average Bonchev–Trinajstić information content (AvgIpc) is 3.07. The third kappa shape index (κ3) is 2.43. The first-order chi connectivity index (χ1) is 8.81. The van der Waals surface area contributed by atoms with Gasteiger partial charge in [-0.05, 0) is 19.4 Å². The summed E-state index contributed by atoms with van der Waals surface area (Å²) in [4.78, 5) is 4.42. The van der Waals surface area contributed by atoms with Gasteiger partial charge in [0, 0.05) is 31.7 Å². The summed E-state index contributed by atoms with van der Waals surface area (Å²) in [7, 11) is 0. The summed E-state index contributed by atoms with van der Waals surface area (Å²) in [5.74, 6) is 1.75. The fraction of sp³-hybridized carbons (Fsp3) is 0.583. The van der Waals surface area contributed by atoms with Gasteiger partial charge in [0.1, 0.15) is 0 Å². The molecule has 18 heavy (non-hydrogen) atoms. The average molecular weight is 248 g/mol. The van der Waals surface area contributed by atoms with E-state index in [2.05, 4.69) is 15.2 Å². The van der Waals surface area contributed by atoms with E-state index < -0.39 is 0 Å². The van der Waals surface area contributed by atoms with Crippen LogP contribution in [0.25, 0.3) is 0 Å². The van der Waals surface area contributed by atoms with Gasteiger partial charge in [0.15, 0.2) is 5.82 Å². The molecule has 96 valence electrons. The molecular formula is C12H16N4O2. The molecule has 0 aliphatic carbocycles. The van der Waals surface area contributed by atoms with Gasteiger partial charge in [-0.25, -0.2) is 0 Å². The van der Waals surface area contributed by atoms with E-state index in [9.17, 15) is 0 Å². The molecule has 1 aliphatic rings. The lowest BCUT2D eigenvalue weighted by Gasteiger charge is -1.98. The van der Waals surface area contributed by atoms with Gasteiger partial charge in [-0.1, -0.05) is 5.16 Å². The van der Waals surface area contributed by atoms with Crippen molar-refractivity contribution in [2.45, 2.75) is 32.2 Å². The maximum Gasteiger partial charge on any atom is 0.228 e. The minimum absolute atomic E-state index is 0.300. The summed E-state index contributed by atoms with van der Waals surface area (Å²) in [6.45, 7) is 4.23. The van der Waals surface area contributed by atoms with E-state index in [1.807, 2.05) is 23.9 Å². The zero-order valence-electron chi connectivity index (χ0n) is 10.4. The van der Waals surface area contributed by atoms with Crippen LogP contribution in [0, 0.1) is 6.92 Å². The first-order valence-electron chi connectivity index (χ1n) is 6.21. The van der Waals surface area contributed by atoms with Crippen molar-refractivity contribution in [1.29, 1.82) is 0 Å². The zero-order valence-corrected chi connectivity index (χ0v) is 10.4. The van der Waals surface area contributed by atoms with Crippen molar-refractivity contribution < 1.29 is 9.26 Å². The van der Waals surface area contributed by atoms with Gasteiger partial charge < -0.3 is 9.26 Å². The first-order valence-corrected chi connectivity index (χ1v) is 6.21. The quantitative estimate of drug-likeness (QED) is 0.816. The molecule has 2 aromatic rings. The van der Waals surface area contributed by atoms with E-state index in [1.165, 1.54) is 0 Å². The standard InChI is InChI=1S/C12H16N4O2/c1-9-2-5-16(14-9)6-3-11-13-12(15-18-11)10-4-7-17-8-10/h2,5,10H,3-4,6-8H2,1H3. The Balaban J connectivity index is 1.59. The predicted octanol–water partition coefficient (Wildman–Crippen LogP) is 1.32. The molecule has 1 aliphatic heterocycles. The van der Waals surface area contributed by atoms with Crippen molar-refractivity contribution in [2.24, 2.45) is 0 Å². The van der Waals surface area contributed by atoms with Crippen LogP contribution in [0.5, 0.6) is 0 Å². The third-order valence-corrected chi connectivity index (χ3v) is 3.11. The Kier molecular flexibility index (Phi) is 3.10. The molecule has 2 aromatic heterocycles. The van der Waals surface area contributed by atoms with E-state index >= 15 is 0 Å². The van der Waals surface area contributed by atoms with Crippen LogP contribution in [0.1, 0.15) is 29.7 Å². The van der Waals surface area contributed by atoms with Crippen molar-refractivity contribution in [2.75, 3.05) is 13.2 Å². The molecule has 0 saturated carbocycles. The number of rotatable bonds is 4. The predicted molar refractivity (Wildman–Crippen MR) is 63.1 cm³/mol. The molecule has 1 saturated heterocycles. The molecule has 0 radical (unpaired) electrons. The molecule has 3 heterocycles. The fourth-order valence-corrected chi connectivity index (χ4v) is 2.07. The van der Waals surface area contributed by atoms with Crippen molar-refractivity contribution in [3.63, 3.8) is 0 Å². The second kappa shape index (κ2) is 4.89. The highest BCUT2D eigenvalue weighted by Crippen LogP contribution is 2.22. The Morgan fingerprint density at radius 1 is 1.50 bits per heavy atom. The van der Waals surface area contributed by atoms with Gasteiger partial charge in [0.25, 0.3) is 0 Å². The first kappa shape index (κ1) is 11.4. The highest BCUT2D eigenvalue weighted by molar-refractivity contribution is 4.98. The van der Waals surface area contributed by atoms with Gasteiger partial charge in [0.2, 0.25) is 5.89 Å². The molecule has 0 bridgehead atoms. The van der Waals surface area contributed by atoms with Crippen LogP contribution in [0.4, 0.5) is 0 Å². The number of nitrogens with zero attached hydrogens (tertiary/aromatic N) is 4. The number of aryl methyl sites for hydroxylation is 3. The van der Waals surface area contributed by atoms with E-state index in [0.717, 1.165) is 31.1 Å². The molecule has 1 unspecified atom stereocenters. The number of hydrogen-bond donors (Lipinski definition) is 0. The van der Waals surface area contributed by atoms with E-state index in [-0.39, 0.29) is 0 Å². The summed E-state index contributed by atoms with van der Waals surface area (Å²) >= 11 is 0. The molecular weight excluding hydrogens is 232 g/mol. The number of hydrogen-bond acceptors (Lipinski definition) is 5. The van der Waals surface area contributed by atoms with Gasteiger partial charge >= 0.3 is 0 Å². The number of aromatic nitrogens is 4. The Bertz CT molecular complexity index is 514. The number of ether oxygens (including phenoxy) is 1. The summed E-state index contributed by atoms with van der Waals surface area (Å²) < 4.78 is 12.5. The van der Waals surface area contributed by atoms with Crippen LogP contribution in [0.3, 0.4) is 0 Å². The van der Waals surface area contributed by atoms with Crippen molar-refractivity contribution in [1.82, 2.24) is 19.9 Å². The highest BCUT2D eigenvalue weighted by Gasteiger charge is 2.22. The van der Waals surface area contributed by atoms with Gasteiger partial charge in [-0.2, -0.15) is 10.1 Å². The normalized spacial score (nSPS) is 19.5. The molecule has 0 aromatic carbocycles. The third-order valence-electron chi connectivity index (χ3n) is 3.11. The molecule has 0 N–H and O–H groups in total. The smallest absolute Gasteiger partial charge is 0.228 e. The van der Waals surface area contributed by atoms with Crippen molar-refractivity contribution in [3.8, 4) is 0 Å².